The van der Waals surface area contributed by atoms with E-state index in [9.17, 15) is 9.59 Å². The zero-order valence-electron chi connectivity index (χ0n) is 19.0. The predicted molar refractivity (Wildman–Crippen MR) is 143 cm³/mol. The Morgan fingerprint density at radius 2 is 1.80 bits per heavy atom. The number of nitrogens with zero attached hydrogens (tertiary/aromatic N) is 3. The average molecular weight is 500 g/mol. The number of aryl methyl sites for hydroxylation is 1. The van der Waals surface area contributed by atoms with E-state index in [0.29, 0.717) is 20.6 Å². The summed E-state index contributed by atoms with van der Waals surface area (Å²) in [6, 6.07) is 22.2. The molecule has 1 fully saturated rings. The number of amides is 1. The molecule has 5 rings (SSSR count). The maximum absolute atomic E-state index is 13.5. The topological polar surface area (TPSA) is 63.9 Å². The first-order valence-electron chi connectivity index (χ1n) is 11.0. The van der Waals surface area contributed by atoms with Gasteiger partial charge in [-0.2, -0.15) is 4.98 Å². The highest BCUT2D eigenvalue weighted by molar-refractivity contribution is 8.26. The molecule has 0 aliphatic carbocycles. The summed E-state index contributed by atoms with van der Waals surface area (Å²) in [5, 5.41) is 0. The number of benzene rings is 2. The molecular weight excluding hydrogens is 478 g/mol. The minimum Gasteiger partial charge on any atom is -0.438 e. The van der Waals surface area contributed by atoms with Crippen molar-refractivity contribution in [3.63, 3.8) is 0 Å². The van der Waals surface area contributed by atoms with Crippen molar-refractivity contribution in [3.05, 3.63) is 111 Å². The van der Waals surface area contributed by atoms with Gasteiger partial charge in [0.25, 0.3) is 11.5 Å². The number of thioether (sulfide) groups is 1. The molecule has 1 atom stereocenters. The third kappa shape index (κ3) is 4.50. The standard InChI is InChI=1S/C27H21N3O3S2/c1-17-9-8-12-20(15-17)33-24-21(25(31)29-14-7-6-13-23(29)28-24)16-22-26(32)30(27(34)35-22)18(2)19-10-4-3-5-11-19/h3-16,18H,1-2H3/b22-16+. The van der Waals surface area contributed by atoms with Crippen LogP contribution in [0.5, 0.6) is 11.6 Å². The van der Waals surface area contributed by atoms with E-state index in [1.165, 1.54) is 22.2 Å². The molecule has 2 aromatic heterocycles. The summed E-state index contributed by atoms with van der Waals surface area (Å²) in [5.41, 5.74) is 2.28. The summed E-state index contributed by atoms with van der Waals surface area (Å²) in [7, 11) is 0. The number of rotatable bonds is 5. The molecule has 6 nitrogen and oxygen atoms in total. The Morgan fingerprint density at radius 1 is 1.03 bits per heavy atom. The van der Waals surface area contributed by atoms with Gasteiger partial charge in [-0.3, -0.25) is 18.9 Å². The molecule has 1 aliphatic heterocycles. The summed E-state index contributed by atoms with van der Waals surface area (Å²) < 4.78 is 7.93. The van der Waals surface area contributed by atoms with Crippen LogP contribution in [0.1, 0.15) is 29.7 Å². The first-order valence-corrected chi connectivity index (χ1v) is 12.2. The summed E-state index contributed by atoms with van der Waals surface area (Å²) >= 11 is 6.71. The normalized spacial score (nSPS) is 15.7. The monoisotopic (exact) mass is 499 g/mol. The van der Waals surface area contributed by atoms with Crippen molar-refractivity contribution in [2.24, 2.45) is 0 Å². The predicted octanol–water partition coefficient (Wildman–Crippen LogP) is 5.76. The Labute approximate surface area is 211 Å². The zero-order valence-corrected chi connectivity index (χ0v) is 20.7. The number of pyridine rings is 1. The fourth-order valence-electron chi connectivity index (χ4n) is 3.90. The largest absolute Gasteiger partial charge is 0.438 e. The molecular formula is C27H21N3O3S2. The Balaban J connectivity index is 1.59. The fraction of sp³-hybridized carbons (Fsp3) is 0.111. The van der Waals surface area contributed by atoms with Gasteiger partial charge in [0.2, 0.25) is 5.88 Å². The van der Waals surface area contributed by atoms with E-state index in [0.717, 1.165) is 11.1 Å². The minimum atomic E-state index is -0.334. The Bertz CT molecular complexity index is 1550. The first kappa shape index (κ1) is 23.0. The van der Waals surface area contributed by atoms with Gasteiger partial charge in [-0.15, -0.1) is 0 Å². The van der Waals surface area contributed by atoms with E-state index >= 15 is 0 Å². The van der Waals surface area contributed by atoms with Crippen LogP contribution in [0.4, 0.5) is 0 Å². The summed E-state index contributed by atoms with van der Waals surface area (Å²) in [4.78, 5) is 33.4. The third-order valence-corrected chi connectivity index (χ3v) is 7.04. The quantitative estimate of drug-likeness (QED) is 0.257. The smallest absolute Gasteiger partial charge is 0.269 e. The van der Waals surface area contributed by atoms with Crippen molar-refractivity contribution < 1.29 is 9.53 Å². The lowest BCUT2D eigenvalue weighted by Crippen LogP contribution is -2.31. The van der Waals surface area contributed by atoms with Gasteiger partial charge in [0.1, 0.15) is 21.3 Å². The molecule has 2 aromatic carbocycles. The molecule has 4 aromatic rings. The van der Waals surface area contributed by atoms with E-state index < -0.39 is 0 Å². The minimum absolute atomic E-state index is 0.133. The fourth-order valence-corrected chi connectivity index (χ4v) is 5.30. The van der Waals surface area contributed by atoms with Gasteiger partial charge in [0, 0.05) is 6.20 Å². The molecule has 35 heavy (non-hydrogen) atoms. The highest BCUT2D eigenvalue weighted by Crippen LogP contribution is 2.38. The SMILES string of the molecule is Cc1cccc(Oc2nc3ccccn3c(=O)c2/C=C2/SC(=S)N(C(C)c3ccccc3)C2=O)c1. The Morgan fingerprint density at radius 3 is 2.57 bits per heavy atom. The van der Waals surface area contributed by atoms with Gasteiger partial charge in [-0.05, 0) is 55.3 Å². The second-order valence-corrected chi connectivity index (χ2v) is 9.80. The highest BCUT2D eigenvalue weighted by atomic mass is 32.2. The van der Waals surface area contributed by atoms with Crippen LogP contribution < -0.4 is 10.3 Å². The number of hydrogen-bond donors (Lipinski definition) is 0. The van der Waals surface area contributed by atoms with Crippen molar-refractivity contribution in [1.82, 2.24) is 14.3 Å². The molecule has 1 aliphatic rings. The van der Waals surface area contributed by atoms with Crippen LogP contribution in [0.15, 0.2) is 88.7 Å². The molecule has 0 spiro atoms. The number of carbonyl (C=O) groups excluding carboxylic acids is 1. The van der Waals surface area contributed by atoms with Crippen LogP contribution in [-0.2, 0) is 4.79 Å². The molecule has 8 heteroatoms. The van der Waals surface area contributed by atoms with Crippen molar-refractivity contribution in [2.75, 3.05) is 0 Å². The number of thiocarbonyl (C=S) groups is 1. The molecule has 0 radical (unpaired) electrons. The van der Waals surface area contributed by atoms with E-state index in [1.54, 1.807) is 35.4 Å². The molecule has 1 unspecified atom stereocenters. The van der Waals surface area contributed by atoms with Crippen LogP contribution >= 0.6 is 24.0 Å². The Hall–Kier alpha value is -3.75. The van der Waals surface area contributed by atoms with Crippen molar-refractivity contribution in [2.45, 2.75) is 19.9 Å². The second kappa shape index (κ2) is 9.48. The lowest BCUT2D eigenvalue weighted by Gasteiger charge is -2.23. The number of hydrogen-bond acceptors (Lipinski definition) is 6. The van der Waals surface area contributed by atoms with Crippen molar-refractivity contribution >= 4 is 45.9 Å². The summed E-state index contributed by atoms with van der Waals surface area (Å²) in [6.07, 6.45) is 3.18. The van der Waals surface area contributed by atoms with E-state index in [1.807, 2.05) is 62.4 Å². The zero-order chi connectivity index (χ0) is 24.5. The van der Waals surface area contributed by atoms with Crippen LogP contribution in [-0.4, -0.2) is 24.5 Å². The maximum Gasteiger partial charge on any atom is 0.269 e. The molecule has 3 heterocycles. The van der Waals surface area contributed by atoms with E-state index in [4.69, 9.17) is 17.0 Å². The molecule has 0 bridgehead atoms. The number of carbonyl (C=O) groups is 1. The van der Waals surface area contributed by atoms with Gasteiger partial charge in [-0.1, -0.05) is 72.5 Å². The highest BCUT2D eigenvalue weighted by Gasteiger charge is 2.36. The first-order chi connectivity index (χ1) is 16.9. The summed E-state index contributed by atoms with van der Waals surface area (Å²) in [6.45, 7) is 3.89. The van der Waals surface area contributed by atoms with Gasteiger partial charge < -0.3 is 4.74 Å². The average Bonchev–Trinajstić information content (AvgIpc) is 3.14. The van der Waals surface area contributed by atoms with Crippen molar-refractivity contribution in [3.8, 4) is 11.6 Å². The van der Waals surface area contributed by atoms with Crippen LogP contribution in [0.2, 0.25) is 0 Å². The lowest BCUT2D eigenvalue weighted by atomic mass is 10.1. The van der Waals surface area contributed by atoms with Gasteiger partial charge in [-0.25, -0.2) is 0 Å². The second-order valence-electron chi connectivity index (χ2n) is 8.12. The number of ether oxygens (including phenoxy) is 1. The molecule has 0 N–H and O–H groups in total. The van der Waals surface area contributed by atoms with Crippen LogP contribution in [0.3, 0.4) is 0 Å². The molecule has 0 saturated carbocycles. The van der Waals surface area contributed by atoms with Crippen LogP contribution in [0, 0.1) is 6.92 Å². The van der Waals surface area contributed by atoms with E-state index in [2.05, 4.69) is 4.98 Å². The molecule has 174 valence electrons. The number of fused-ring (bicyclic) bond motifs is 1. The molecule has 1 amide bonds. The van der Waals surface area contributed by atoms with Gasteiger partial charge in [0.05, 0.1) is 10.9 Å². The summed E-state index contributed by atoms with van der Waals surface area (Å²) in [5.74, 6) is 0.431. The lowest BCUT2D eigenvalue weighted by molar-refractivity contribution is -0.123. The van der Waals surface area contributed by atoms with E-state index in [-0.39, 0.29) is 29.0 Å². The van der Waals surface area contributed by atoms with Crippen molar-refractivity contribution in [1.29, 1.82) is 0 Å². The van der Waals surface area contributed by atoms with Gasteiger partial charge >= 0.3 is 0 Å². The number of aromatic nitrogens is 2. The molecule has 1 saturated heterocycles. The Kier molecular flexibility index (Phi) is 6.23. The van der Waals surface area contributed by atoms with Crippen LogP contribution in [0.25, 0.3) is 11.7 Å². The maximum atomic E-state index is 13.5. The third-order valence-electron chi connectivity index (χ3n) is 5.71. The van der Waals surface area contributed by atoms with Gasteiger partial charge in [0.15, 0.2) is 0 Å².